The molecular weight excluding hydrogens is 456 g/mol. The van der Waals surface area contributed by atoms with Crippen LogP contribution in [0.25, 0.3) is 11.0 Å². The molecule has 2 aromatic heterocycles. The molecule has 21 heavy (non-hydrogen) atoms. The second-order valence-corrected chi connectivity index (χ2v) is 4.92. The van der Waals surface area contributed by atoms with Crippen molar-refractivity contribution < 1.29 is 34.3 Å². The van der Waals surface area contributed by atoms with Crippen molar-refractivity contribution in [3.05, 3.63) is 6.20 Å². The molecule has 1 fully saturated rings. The predicted octanol–water partition coefficient (Wildman–Crippen LogP) is 0.158. The average molecular weight is 469 g/mol. The van der Waals surface area contributed by atoms with E-state index in [9.17, 15) is 13.9 Å². The Bertz CT molecular complexity index is 638. The van der Waals surface area contributed by atoms with Crippen molar-refractivity contribution >= 4 is 22.8 Å². The zero-order valence-electron chi connectivity index (χ0n) is 10.9. The van der Waals surface area contributed by atoms with Gasteiger partial charge in [-0.3, -0.25) is 5.10 Å². The van der Waals surface area contributed by atoms with Crippen LogP contribution in [-0.2, 0) is 20.4 Å². The van der Waals surface area contributed by atoms with Crippen molar-refractivity contribution in [3.8, 4) is 0 Å². The largest absolute Gasteiger partial charge is 0.403 e. The van der Waals surface area contributed by atoms with E-state index in [4.69, 9.17) is 5.73 Å². The molecule has 2 aromatic rings. The topological polar surface area (TPSA) is 102 Å². The first-order chi connectivity index (χ1) is 9.49. The summed E-state index contributed by atoms with van der Waals surface area (Å²) < 4.78 is 25.9. The fourth-order valence-electron chi connectivity index (χ4n) is 2.46. The second-order valence-electron chi connectivity index (χ2n) is 4.92. The number of hydrogen-bond donors (Lipinski definition) is 2. The normalized spacial score (nSPS) is 22.6. The van der Waals surface area contributed by atoms with Crippen molar-refractivity contribution in [3.63, 3.8) is 0 Å². The quantitative estimate of drug-likeness (QED) is 0.646. The first kappa shape index (κ1) is 16.0. The molecule has 1 unspecified atom stereocenters. The average Bonchev–Trinajstić information content (AvgIpc) is 2.85. The summed E-state index contributed by atoms with van der Waals surface area (Å²) in [5.41, 5.74) is 3.88. The van der Waals surface area contributed by atoms with Crippen molar-refractivity contribution in [2.45, 2.75) is 24.9 Å². The van der Waals surface area contributed by atoms with Crippen molar-refractivity contribution in [1.29, 1.82) is 0 Å². The summed E-state index contributed by atoms with van der Waals surface area (Å²) in [5, 5.41) is 18.0. The zero-order valence-corrected chi connectivity index (χ0v) is 13.6. The Hall–Kier alpha value is -1.37. The van der Waals surface area contributed by atoms with E-state index in [2.05, 4.69) is 20.2 Å². The molecule has 115 valence electrons. The molecule has 0 aromatic carbocycles. The molecule has 0 saturated carbocycles. The van der Waals surface area contributed by atoms with E-state index in [1.54, 1.807) is 4.90 Å². The van der Waals surface area contributed by atoms with Crippen molar-refractivity contribution in [2.24, 2.45) is 0 Å². The standard InChI is InChI=1S/C11H13F2N6O.Re/c12-9(13)11(20)2-1-3-19(5-11)8-6-4-15-18-7(6)16-10(14)17-8;/h4,9,20H,1-3,5H2,(H2-,14,15,16,17,18);/q-1;. The number of halogens is 2. The Morgan fingerprint density at radius 1 is 1.43 bits per heavy atom. The molecule has 7 nitrogen and oxygen atoms in total. The first-order valence-corrected chi connectivity index (χ1v) is 6.17. The molecule has 0 spiro atoms. The van der Waals surface area contributed by atoms with Crippen LogP contribution in [0.5, 0.6) is 0 Å². The monoisotopic (exact) mass is 470 g/mol. The molecule has 3 rings (SSSR count). The van der Waals surface area contributed by atoms with Gasteiger partial charge in [0.15, 0.2) is 0 Å². The number of anilines is 2. The van der Waals surface area contributed by atoms with Gasteiger partial charge in [0.25, 0.3) is 6.43 Å². The Labute approximate surface area is 132 Å². The third-order valence-electron chi connectivity index (χ3n) is 3.47. The molecular formula is C11H13F2N6ORe-. The number of fused-ring (bicyclic) bond motifs is 1. The van der Waals surface area contributed by atoms with Gasteiger partial charge in [-0.05, 0) is 18.5 Å². The number of nitrogens with two attached hydrogens (primary N) is 1. The van der Waals surface area contributed by atoms with Gasteiger partial charge in [-0.15, -0.1) is 0 Å². The van der Waals surface area contributed by atoms with Gasteiger partial charge < -0.3 is 25.8 Å². The van der Waals surface area contributed by atoms with Crippen LogP contribution in [0.3, 0.4) is 0 Å². The summed E-state index contributed by atoms with van der Waals surface area (Å²) in [5.74, 6) is 0.385. The molecule has 10 heteroatoms. The van der Waals surface area contributed by atoms with Crippen LogP contribution in [-0.4, -0.2) is 45.3 Å². The number of β-amino-alcohol motifs (C(OH)–C–C–N with tert-alkyl or cyclic N) is 1. The maximum Gasteiger partial charge on any atom is 0.268 e. The number of nitrogens with zero attached hydrogens (tertiary/aromatic N) is 5. The van der Waals surface area contributed by atoms with Gasteiger partial charge >= 0.3 is 0 Å². The Balaban J connectivity index is 0.00000161. The molecule has 1 saturated heterocycles. The van der Waals surface area contributed by atoms with Crippen LogP contribution in [0.2, 0.25) is 0 Å². The number of aromatic nitrogens is 4. The minimum absolute atomic E-state index is 0. The third kappa shape index (κ3) is 2.84. The van der Waals surface area contributed by atoms with E-state index in [0.717, 1.165) is 0 Å². The summed E-state index contributed by atoms with van der Waals surface area (Å²) in [6.07, 6.45) is -0.855. The smallest absolute Gasteiger partial charge is 0.268 e. The van der Waals surface area contributed by atoms with Gasteiger partial charge in [0.1, 0.15) is 17.4 Å². The van der Waals surface area contributed by atoms with E-state index in [1.165, 1.54) is 6.20 Å². The van der Waals surface area contributed by atoms with Crippen LogP contribution in [0.4, 0.5) is 20.5 Å². The zero-order chi connectivity index (χ0) is 14.3. The molecule has 0 amide bonds. The van der Waals surface area contributed by atoms with Gasteiger partial charge in [0, 0.05) is 38.6 Å². The number of piperidine rings is 1. The number of alkyl halides is 2. The van der Waals surface area contributed by atoms with E-state index in [0.29, 0.717) is 29.8 Å². The van der Waals surface area contributed by atoms with Crippen LogP contribution in [0.15, 0.2) is 6.20 Å². The van der Waals surface area contributed by atoms with Gasteiger partial charge in [-0.2, -0.15) is 0 Å². The summed E-state index contributed by atoms with van der Waals surface area (Å²) in [7, 11) is 0. The number of nitrogen functional groups attached to an aromatic ring is 1. The fraction of sp³-hybridized carbons (Fsp3) is 0.545. The van der Waals surface area contributed by atoms with Gasteiger partial charge in [-0.1, -0.05) is 0 Å². The minimum Gasteiger partial charge on any atom is -0.403 e. The van der Waals surface area contributed by atoms with Crippen molar-refractivity contribution in [1.82, 2.24) is 20.2 Å². The number of rotatable bonds is 2. The maximum absolute atomic E-state index is 13.0. The molecule has 3 heterocycles. The SMILES string of the molecule is Nc1nc(N2CCCC(O)(C(F)F)C2)c2cn[n-]c2n1.[Re]. The van der Waals surface area contributed by atoms with Gasteiger partial charge in [0.2, 0.25) is 0 Å². The number of hydrogen-bond acceptors (Lipinski definition) is 6. The minimum atomic E-state index is -2.81. The molecule has 1 atom stereocenters. The summed E-state index contributed by atoms with van der Waals surface area (Å²) in [6, 6.07) is 0. The Morgan fingerprint density at radius 3 is 2.90 bits per heavy atom. The van der Waals surface area contributed by atoms with E-state index >= 15 is 0 Å². The van der Waals surface area contributed by atoms with Crippen LogP contribution < -0.4 is 15.7 Å². The molecule has 0 bridgehead atoms. The maximum atomic E-state index is 13.0. The summed E-state index contributed by atoms with van der Waals surface area (Å²) in [6.45, 7) is 0.299. The van der Waals surface area contributed by atoms with E-state index < -0.39 is 12.0 Å². The van der Waals surface area contributed by atoms with Gasteiger partial charge in [0.05, 0.1) is 6.54 Å². The molecule has 1 radical (unpaired) electrons. The fourth-order valence-corrected chi connectivity index (χ4v) is 2.46. The second kappa shape index (κ2) is 5.79. The van der Waals surface area contributed by atoms with Crippen LogP contribution in [0, 0.1) is 0 Å². The Kier molecular flexibility index (Phi) is 4.41. The first-order valence-electron chi connectivity index (χ1n) is 6.17. The van der Waals surface area contributed by atoms with Crippen LogP contribution in [0.1, 0.15) is 12.8 Å². The molecule has 1 aliphatic rings. The van der Waals surface area contributed by atoms with E-state index in [1.807, 2.05) is 0 Å². The predicted molar refractivity (Wildman–Crippen MR) is 67.5 cm³/mol. The van der Waals surface area contributed by atoms with Crippen LogP contribution >= 0.6 is 0 Å². The molecule has 0 aliphatic carbocycles. The van der Waals surface area contributed by atoms with E-state index in [-0.39, 0.29) is 39.3 Å². The molecule has 3 N–H and O–H groups in total. The Morgan fingerprint density at radius 2 is 2.19 bits per heavy atom. The summed E-state index contributed by atoms with van der Waals surface area (Å²) >= 11 is 0. The van der Waals surface area contributed by atoms with Crippen molar-refractivity contribution in [2.75, 3.05) is 23.7 Å². The third-order valence-corrected chi connectivity index (χ3v) is 3.47. The summed E-state index contributed by atoms with van der Waals surface area (Å²) in [4.78, 5) is 9.58. The molecule has 1 aliphatic heterocycles. The van der Waals surface area contributed by atoms with Gasteiger partial charge in [-0.25, -0.2) is 13.8 Å². The number of aliphatic hydroxyl groups is 1.